The molecule has 0 bridgehead atoms. The minimum Gasteiger partial charge on any atom is -0.479 e. The molecule has 108 valence electrons. The SMILES string of the molecule is CCCC1(C(=O)O)CCCN1C(=O)c1cccnc1Cl. The van der Waals surface area contributed by atoms with Crippen LogP contribution in [0.1, 0.15) is 43.0 Å². The van der Waals surface area contributed by atoms with E-state index in [1.807, 2.05) is 6.92 Å². The average Bonchev–Trinajstić information content (AvgIpc) is 2.84. The highest BCUT2D eigenvalue weighted by Crippen LogP contribution is 2.35. The van der Waals surface area contributed by atoms with E-state index >= 15 is 0 Å². The van der Waals surface area contributed by atoms with Gasteiger partial charge in [0.05, 0.1) is 5.56 Å². The van der Waals surface area contributed by atoms with Gasteiger partial charge in [-0.05, 0) is 31.4 Å². The highest BCUT2D eigenvalue weighted by molar-refractivity contribution is 6.32. The molecule has 1 aliphatic heterocycles. The Balaban J connectivity index is 2.38. The molecule has 2 rings (SSSR count). The van der Waals surface area contributed by atoms with Crippen LogP contribution in [0.15, 0.2) is 18.3 Å². The predicted octanol–water partition coefficient (Wildman–Crippen LogP) is 2.59. The van der Waals surface area contributed by atoms with E-state index in [-0.39, 0.29) is 16.6 Å². The lowest BCUT2D eigenvalue weighted by Crippen LogP contribution is -2.53. The van der Waals surface area contributed by atoms with Crippen LogP contribution < -0.4 is 0 Å². The summed E-state index contributed by atoms with van der Waals surface area (Å²) in [7, 11) is 0. The van der Waals surface area contributed by atoms with Gasteiger partial charge in [-0.15, -0.1) is 0 Å². The van der Waals surface area contributed by atoms with Gasteiger partial charge in [0.2, 0.25) is 0 Å². The molecule has 6 heteroatoms. The zero-order valence-corrected chi connectivity index (χ0v) is 12.1. The first kappa shape index (κ1) is 14.8. The van der Waals surface area contributed by atoms with Crippen molar-refractivity contribution in [2.24, 2.45) is 0 Å². The smallest absolute Gasteiger partial charge is 0.329 e. The molecule has 20 heavy (non-hydrogen) atoms. The maximum absolute atomic E-state index is 12.6. The Morgan fingerprint density at radius 2 is 2.30 bits per heavy atom. The van der Waals surface area contributed by atoms with Crippen molar-refractivity contribution in [1.29, 1.82) is 0 Å². The molecule has 1 amide bonds. The largest absolute Gasteiger partial charge is 0.479 e. The second-order valence-electron chi connectivity index (χ2n) is 4.99. The number of pyridine rings is 1. The number of aromatic nitrogens is 1. The highest BCUT2D eigenvalue weighted by atomic mass is 35.5. The molecule has 1 atom stereocenters. The fourth-order valence-electron chi connectivity index (χ4n) is 2.87. The van der Waals surface area contributed by atoms with Crippen LogP contribution in [0.4, 0.5) is 0 Å². The molecule has 1 aromatic heterocycles. The molecule has 0 spiro atoms. The van der Waals surface area contributed by atoms with Crippen LogP contribution >= 0.6 is 11.6 Å². The first-order valence-electron chi connectivity index (χ1n) is 6.69. The van der Waals surface area contributed by atoms with Crippen molar-refractivity contribution in [2.45, 2.75) is 38.1 Å². The van der Waals surface area contributed by atoms with Crippen molar-refractivity contribution in [2.75, 3.05) is 6.54 Å². The number of hydrogen-bond donors (Lipinski definition) is 1. The Morgan fingerprint density at radius 3 is 2.90 bits per heavy atom. The summed E-state index contributed by atoms with van der Waals surface area (Å²) in [5, 5.41) is 9.70. The molecule has 1 saturated heterocycles. The maximum Gasteiger partial charge on any atom is 0.329 e. The molecule has 0 radical (unpaired) electrons. The third-order valence-corrected chi connectivity index (χ3v) is 4.09. The summed E-state index contributed by atoms with van der Waals surface area (Å²) in [4.78, 5) is 29.6. The summed E-state index contributed by atoms with van der Waals surface area (Å²) in [6.45, 7) is 2.36. The Bertz CT molecular complexity index is 535. The van der Waals surface area contributed by atoms with Crippen molar-refractivity contribution in [1.82, 2.24) is 9.88 Å². The molecule has 1 aliphatic rings. The van der Waals surface area contributed by atoms with E-state index in [2.05, 4.69) is 4.98 Å². The second kappa shape index (κ2) is 5.79. The number of halogens is 1. The summed E-state index contributed by atoms with van der Waals surface area (Å²) in [5.74, 6) is -1.29. The van der Waals surface area contributed by atoms with Gasteiger partial charge >= 0.3 is 5.97 Å². The molecule has 0 saturated carbocycles. The lowest BCUT2D eigenvalue weighted by atomic mass is 9.90. The molecular formula is C14H17ClN2O3. The number of carbonyl (C=O) groups is 2. The van der Waals surface area contributed by atoms with Crippen LogP contribution in [0, 0.1) is 0 Å². The second-order valence-corrected chi connectivity index (χ2v) is 5.35. The average molecular weight is 297 g/mol. The van der Waals surface area contributed by atoms with Gasteiger partial charge in [-0.25, -0.2) is 9.78 Å². The third-order valence-electron chi connectivity index (χ3n) is 3.79. The molecule has 5 nitrogen and oxygen atoms in total. The first-order valence-corrected chi connectivity index (χ1v) is 7.06. The van der Waals surface area contributed by atoms with E-state index in [0.717, 1.165) is 0 Å². The zero-order chi connectivity index (χ0) is 14.8. The van der Waals surface area contributed by atoms with E-state index < -0.39 is 11.5 Å². The zero-order valence-electron chi connectivity index (χ0n) is 11.3. The highest BCUT2D eigenvalue weighted by Gasteiger charge is 2.49. The molecular weight excluding hydrogens is 280 g/mol. The van der Waals surface area contributed by atoms with Gasteiger partial charge in [0.1, 0.15) is 10.7 Å². The Hall–Kier alpha value is -1.62. The number of hydrogen-bond acceptors (Lipinski definition) is 3. The quantitative estimate of drug-likeness (QED) is 0.867. The van der Waals surface area contributed by atoms with Gasteiger partial charge in [-0.1, -0.05) is 24.9 Å². The van der Waals surface area contributed by atoms with Gasteiger partial charge in [0, 0.05) is 12.7 Å². The van der Waals surface area contributed by atoms with Crippen molar-refractivity contribution >= 4 is 23.5 Å². The lowest BCUT2D eigenvalue weighted by molar-refractivity contribution is -0.148. The molecule has 0 aromatic carbocycles. The number of carbonyl (C=O) groups excluding carboxylic acids is 1. The van der Waals surface area contributed by atoms with Gasteiger partial charge in [-0.3, -0.25) is 4.79 Å². The monoisotopic (exact) mass is 296 g/mol. The van der Waals surface area contributed by atoms with Crippen molar-refractivity contribution in [3.05, 3.63) is 29.0 Å². The maximum atomic E-state index is 12.6. The van der Waals surface area contributed by atoms with E-state index in [0.29, 0.717) is 32.2 Å². The van der Waals surface area contributed by atoms with E-state index in [1.165, 1.54) is 11.1 Å². The fraction of sp³-hybridized carbons (Fsp3) is 0.500. The number of likely N-dealkylation sites (tertiary alicyclic amines) is 1. The molecule has 2 heterocycles. The third kappa shape index (κ3) is 2.38. The Morgan fingerprint density at radius 1 is 1.55 bits per heavy atom. The molecule has 1 fully saturated rings. The molecule has 1 aromatic rings. The van der Waals surface area contributed by atoms with Crippen LogP contribution in [0.25, 0.3) is 0 Å². The van der Waals surface area contributed by atoms with E-state index in [4.69, 9.17) is 11.6 Å². The van der Waals surface area contributed by atoms with Crippen molar-refractivity contribution in [3.8, 4) is 0 Å². The van der Waals surface area contributed by atoms with Crippen LogP contribution in [0.3, 0.4) is 0 Å². The van der Waals surface area contributed by atoms with E-state index in [9.17, 15) is 14.7 Å². The Kier molecular flexibility index (Phi) is 4.28. The normalized spacial score (nSPS) is 22.0. The van der Waals surface area contributed by atoms with Crippen LogP contribution in [-0.2, 0) is 4.79 Å². The predicted molar refractivity (Wildman–Crippen MR) is 74.8 cm³/mol. The summed E-state index contributed by atoms with van der Waals surface area (Å²) < 4.78 is 0. The lowest BCUT2D eigenvalue weighted by Gasteiger charge is -2.34. The number of aliphatic carboxylic acids is 1. The number of amides is 1. The standard InChI is InChI=1S/C14H17ClN2O3/c1-2-6-14(13(19)20)7-4-9-17(14)12(18)10-5-3-8-16-11(10)15/h3,5,8H,2,4,6-7,9H2,1H3,(H,19,20). The van der Waals surface area contributed by atoms with E-state index in [1.54, 1.807) is 12.1 Å². The Labute approximate surface area is 122 Å². The number of nitrogens with zero attached hydrogens (tertiary/aromatic N) is 2. The van der Waals surface area contributed by atoms with Crippen molar-refractivity contribution in [3.63, 3.8) is 0 Å². The van der Waals surface area contributed by atoms with Crippen LogP contribution in [0.5, 0.6) is 0 Å². The van der Waals surface area contributed by atoms with Crippen LogP contribution in [-0.4, -0.2) is 39.0 Å². The molecule has 1 unspecified atom stereocenters. The first-order chi connectivity index (χ1) is 9.53. The minimum absolute atomic E-state index is 0.111. The van der Waals surface area contributed by atoms with Crippen molar-refractivity contribution < 1.29 is 14.7 Å². The van der Waals surface area contributed by atoms with Gasteiger partial charge < -0.3 is 10.0 Å². The molecule has 0 aliphatic carbocycles. The summed E-state index contributed by atoms with van der Waals surface area (Å²) in [6, 6.07) is 3.20. The van der Waals surface area contributed by atoms with Gasteiger partial charge in [-0.2, -0.15) is 0 Å². The number of carboxylic acid groups (broad SMARTS) is 1. The summed E-state index contributed by atoms with van der Waals surface area (Å²) in [6.07, 6.45) is 3.83. The van der Waals surface area contributed by atoms with Gasteiger partial charge in [0.25, 0.3) is 5.91 Å². The molecule has 1 N–H and O–H groups in total. The number of carboxylic acids is 1. The number of rotatable bonds is 4. The van der Waals surface area contributed by atoms with Gasteiger partial charge in [0.15, 0.2) is 0 Å². The fourth-order valence-corrected chi connectivity index (χ4v) is 3.07. The van der Waals surface area contributed by atoms with Crippen LogP contribution in [0.2, 0.25) is 5.15 Å². The topological polar surface area (TPSA) is 70.5 Å². The summed E-state index contributed by atoms with van der Waals surface area (Å²) in [5.41, 5.74) is -0.844. The minimum atomic E-state index is -1.11. The summed E-state index contributed by atoms with van der Waals surface area (Å²) >= 11 is 5.94.